The van der Waals surface area contributed by atoms with Crippen molar-refractivity contribution in [1.29, 1.82) is 0 Å². The van der Waals surface area contributed by atoms with E-state index in [1.54, 1.807) is 0 Å². The molecule has 1 aliphatic carbocycles. The van der Waals surface area contributed by atoms with E-state index < -0.39 is 16.0 Å². The average Bonchev–Trinajstić information content (AvgIpc) is 2.47. The third-order valence-electron chi connectivity index (χ3n) is 3.29. The lowest BCUT2D eigenvalue weighted by Crippen LogP contribution is -2.36. The Bertz CT molecular complexity index is 668. The van der Waals surface area contributed by atoms with Crippen LogP contribution in [0.25, 0.3) is 0 Å². The van der Waals surface area contributed by atoms with Gasteiger partial charge in [-0.2, -0.15) is 0 Å². The van der Waals surface area contributed by atoms with E-state index in [4.69, 9.17) is 5.73 Å². The molecule has 0 aliphatic heterocycles. The standard InChI is InChI=1S/C14H18N2O4S/c1-20-14(17)12-8-7-10(15)9-13(12)21(18,19)16-11-5-3-2-4-6-11/h2-3,7-9,11,16H,4-6,15H2,1H3. The molecule has 0 saturated heterocycles. The van der Waals surface area contributed by atoms with Crippen LogP contribution in [-0.2, 0) is 14.8 Å². The fraction of sp³-hybridized carbons (Fsp3) is 0.357. The molecule has 0 spiro atoms. The Kier molecular flexibility index (Phi) is 4.64. The summed E-state index contributed by atoms with van der Waals surface area (Å²) in [6.45, 7) is 0. The van der Waals surface area contributed by atoms with Gasteiger partial charge in [0.05, 0.1) is 17.6 Å². The number of nitrogens with one attached hydrogen (secondary N) is 1. The molecule has 1 unspecified atom stereocenters. The first-order valence-corrected chi connectivity index (χ1v) is 8.07. The minimum atomic E-state index is -3.83. The Hall–Kier alpha value is -1.86. The molecule has 1 aromatic carbocycles. The van der Waals surface area contributed by atoms with Gasteiger partial charge < -0.3 is 10.5 Å². The number of carbonyl (C=O) groups is 1. The first-order valence-electron chi connectivity index (χ1n) is 6.59. The van der Waals surface area contributed by atoms with E-state index in [2.05, 4.69) is 9.46 Å². The van der Waals surface area contributed by atoms with Crippen molar-refractivity contribution in [2.24, 2.45) is 0 Å². The zero-order chi connectivity index (χ0) is 15.5. The van der Waals surface area contributed by atoms with E-state index in [9.17, 15) is 13.2 Å². The Morgan fingerprint density at radius 2 is 2.14 bits per heavy atom. The van der Waals surface area contributed by atoms with Crippen LogP contribution >= 0.6 is 0 Å². The Balaban J connectivity index is 2.36. The van der Waals surface area contributed by atoms with Crippen LogP contribution in [0.5, 0.6) is 0 Å². The molecule has 0 fully saturated rings. The SMILES string of the molecule is COC(=O)c1ccc(N)cc1S(=O)(=O)NC1CC=CCC1. The van der Waals surface area contributed by atoms with Gasteiger partial charge in [-0.15, -0.1) is 0 Å². The zero-order valence-electron chi connectivity index (χ0n) is 11.7. The maximum absolute atomic E-state index is 12.5. The molecule has 0 bridgehead atoms. The van der Waals surface area contributed by atoms with Crippen molar-refractivity contribution in [3.05, 3.63) is 35.9 Å². The summed E-state index contributed by atoms with van der Waals surface area (Å²) in [5.74, 6) is -0.709. The molecule has 114 valence electrons. The second-order valence-corrected chi connectivity index (χ2v) is 6.53. The molecule has 6 nitrogen and oxygen atoms in total. The van der Waals surface area contributed by atoms with Gasteiger partial charge in [0.15, 0.2) is 0 Å². The van der Waals surface area contributed by atoms with E-state index >= 15 is 0 Å². The number of sulfonamides is 1. The summed E-state index contributed by atoms with van der Waals surface area (Å²) < 4.78 is 32.2. The fourth-order valence-corrected chi connectivity index (χ4v) is 3.74. The molecule has 2 rings (SSSR count). The van der Waals surface area contributed by atoms with Crippen LogP contribution in [0.3, 0.4) is 0 Å². The van der Waals surface area contributed by atoms with Gasteiger partial charge in [-0.25, -0.2) is 17.9 Å². The van der Waals surface area contributed by atoms with Crippen LogP contribution < -0.4 is 10.5 Å². The van der Waals surface area contributed by atoms with Gasteiger partial charge in [0.1, 0.15) is 0 Å². The highest BCUT2D eigenvalue weighted by Crippen LogP contribution is 2.22. The lowest BCUT2D eigenvalue weighted by atomic mass is 10.0. The molecule has 1 atom stereocenters. The Morgan fingerprint density at radius 1 is 1.38 bits per heavy atom. The summed E-state index contributed by atoms with van der Waals surface area (Å²) in [6.07, 6.45) is 6.15. The van der Waals surface area contributed by atoms with Crippen molar-refractivity contribution < 1.29 is 17.9 Å². The molecule has 0 aromatic heterocycles. The summed E-state index contributed by atoms with van der Waals surface area (Å²) in [7, 11) is -2.63. The molecular weight excluding hydrogens is 292 g/mol. The van der Waals surface area contributed by atoms with E-state index in [-0.39, 0.29) is 22.2 Å². The van der Waals surface area contributed by atoms with Gasteiger partial charge in [-0.3, -0.25) is 0 Å². The smallest absolute Gasteiger partial charge is 0.339 e. The number of nitrogens with two attached hydrogens (primary N) is 1. The van der Waals surface area contributed by atoms with Crippen LogP contribution in [0, 0.1) is 0 Å². The number of hydrogen-bond donors (Lipinski definition) is 2. The lowest BCUT2D eigenvalue weighted by Gasteiger charge is -2.20. The molecule has 0 amide bonds. The van der Waals surface area contributed by atoms with Gasteiger partial charge in [0, 0.05) is 11.7 Å². The Labute approximate surface area is 124 Å². The number of benzene rings is 1. The monoisotopic (exact) mass is 310 g/mol. The highest BCUT2D eigenvalue weighted by atomic mass is 32.2. The zero-order valence-corrected chi connectivity index (χ0v) is 12.5. The maximum Gasteiger partial charge on any atom is 0.339 e. The molecule has 0 radical (unpaired) electrons. The molecule has 3 N–H and O–H groups in total. The molecule has 1 aliphatic rings. The number of ether oxygens (including phenoxy) is 1. The summed E-state index contributed by atoms with van der Waals surface area (Å²) in [6, 6.07) is 3.92. The first-order chi connectivity index (χ1) is 9.94. The number of nitrogen functional groups attached to an aromatic ring is 1. The number of anilines is 1. The topological polar surface area (TPSA) is 98.5 Å². The molecule has 1 aromatic rings. The number of rotatable bonds is 4. The Morgan fingerprint density at radius 3 is 2.76 bits per heavy atom. The predicted molar refractivity (Wildman–Crippen MR) is 79.3 cm³/mol. The minimum Gasteiger partial charge on any atom is -0.465 e. The number of esters is 1. The summed E-state index contributed by atoms with van der Waals surface area (Å²) in [5.41, 5.74) is 5.89. The van der Waals surface area contributed by atoms with Gasteiger partial charge >= 0.3 is 5.97 Å². The summed E-state index contributed by atoms with van der Waals surface area (Å²) in [4.78, 5) is 11.6. The van der Waals surface area contributed by atoms with Crippen LogP contribution in [0.15, 0.2) is 35.2 Å². The van der Waals surface area contributed by atoms with Crippen molar-refractivity contribution in [2.45, 2.75) is 30.2 Å². The van der Waals surface area contributed by atoms with Crippen LogP contribution in [-0.4, -0.2) is 27.5 Å². The predicted octanol–water partition coefficient (Wildman–Crippen LogP) is 1.44. The van der Waals surface area contributed by atoms with Gasteiger partial charge in [0.2, 0.25) is 10.0 Å². The largest absolute Gasteiger partial charge is 0.465 e. The molecule has 21 heavy (non-hydrogen) atoms. The van der Waals surface area contributed by atoms with E-state index in [0.717, 1.165) is 12.8 Å². The second-order valence-electron chi connectivity index (χ2n) is 4.85. The molecule has 0 saturated carbocycles. The van der Waals surface area contributed by atoms with Crippen molar-refractivity contribution in [2.75, 3.05) is 12.8 Å². The van der Waals surface area contributed by atoms with E-state index in [1.807, 2.05) is 12.2 Å². The van der Waals surface area contributed by atoms with E-state index in [0.29, 0.717) is 6.42 Å². The fourth-order valence-electron chi connectivity index (χ4n) is 2.22. The number of allylic oxidation sites excluding steroid dienone is 1. The lowest BCUT2D eigenvalue weighted by molar-refractivity contribution is 0.0596. The highest BCUT2D eigenvalue weighted by Gasteiger charge is 2.26. The van der Waals surface area contributed by atoms with Crippen LogP contribution in [0.1, 0.15) is 29.6 Å². The maximum atomic E-state index is 12.5. The molecular formula is C14H18N2O4S. The third kappa shape index (κ3) is 3.62. The first kappa shape index (κ1) is 15.5. The van der Waals surface area contributed by atoms with Gasteiger partial charge in [0.25, 0.3) is 0 Å². The van der Waals surface area contributed by atoms with Crippen molar-refractivity contribution >= 4 is 21.7 Å². The average molecular weight is 310 g/mol. The number of hydrogen-bond acceptors (Lipinski definition) is 5. The van der Waals surface area contributed by atoms with Gasteiger partial charge in [-0.1, -0.05) is 12.2 Å². The van der Waals surface area contributed by atoms with Crippen molar-refractivity contribution in [1.82, 2.24) is 4.72 Å². The van der Waals surface area contributed by atoms with Crippen molar-refractivity contribution in [3.63, 3.8) is 0 Å². The summed E-state index contributed by atoms with van der Waals surface area (Å²) >= 11 is 0. The van der Waals surface area contributed by atoms with E-state index in [1.165, 1.54) is 25.3 Å². The summed E-state index contributed by atoms with van der Waals surface area (Å²) in [5, 5.41) is 0. The van der Waals surface area contributed by atoms with Crippen LogP contribution in [0.2, 0.25) is 0 Å². The van der Waals surface area contributed by atoms with Crippen molar-refractivity contribution in [3.8, 4) is 0 Å². The molecule has 7 heteroatoms. The normalized spacial score (nSPS) is 18.4. The quantitative estimate of drug-likeness (QED) is 0.498. The highest BCUT2D eigenvalue weighted by molar-refractivity contribution is 7.89. The van der Waals surface area contributed by atoms with Gasteiger partial charge in [-0.05, 0) is 37.5 Å². The van der Waals surface area contributed by atoms with Crippen LogP contribution in [0.4, 0.5) is 5.69 Å². The minimum absolute atomic E-state index is 0.0226. The second kappa shape index (κ2) is 6.28. The number of methoxy groups -OCH3 is 1. The molecule has 0 heterocycles. The number of carbonyl (C=O) groups excluding carboxylic acids is 1. The third-order valence-corrected chi connectivity index (χ3v) is 4.85.